The van der Waals surface area contributed by atoms with Crippen LogP contribution >= 0.6 is 45.2 Å². The van der Waals surface area contributed by atoms with Gasteiger partial charge in [0.25, 0.3) is 0 Å². The van der Waals surface area contributed by atoms with Crippen LogP contribution in [0.3, 0.4) is 0 Å². The average Bonchev–Trinajstić information content (AvgIpc) is 2.58. The van der Waals surface area contributed by atoms with Crippen molar-refractivity contribution in [3.05, 3.63) is 18.3 Å². The van der Waals surface area contributed by atoms with Crippen LogP contribution in [0.15, 0.2) is 0 Å². The molecule has 4 nitrogen and oxygen atoms in total. The Hall–Kier alpha value is -0.250. The lowest BCUT2D eigenvalue weighted by molar-refractivity contribution is 0.142. The van der Waals surface area contributed by atoms with Crippen molar-refractivity contribution in [3.8, 4) is 11.5 Å². The van der Waals surface area contributed by atoms with E-state index >= 15 is 0 Å². The van der Waals surface area contributed by atoms with Crippen molar-refractivity contribution in [1.82, 2.24) is 0 Å². The summed E-state index contributed by atoms with van der Waals surface area (Å²) in [5, 5.41) is 19.7. The molecule has 0 aliphatic carbocycles. The summed E-state index contributed by atoms with van der Waals surface area (Å²) in [6, 6.07) is 0. The summed E-state index contributed by atoms with van der Waals surface area (Å²) >= 11 is 4.33. The van der Waals surface area contributed by atoms with Gasteiger partial charge in [0.15, 0.2) is 11.5 Å². The fraction of sp³-hybridized carbons (Fsp3) is 0.632. The van der Waals surface area contributed by atoms with Gasteiger partial charge < -0.3 is 14.9 Å². The molecule has 1 aromatic rings. The van der Waals surface area contributed by atoms with Crippen LogP contribution in [0.5, 0.6) is 11.5 Å². The number of rotatable bonds is 11. The van der Waals surface area contributed by atoms with Gasteiger partial charge in [0, 0.05) is 9.13 Å². The molecular formula is C19H28I2O4. The Kier molecular flexibility index (Phi) is 11.1. The van der Waals surface area contributed by atoms with Gasteiger partial charge in [-0.15, -0.1) is 0 Å². The van der Waals surface area contributed by atoms with Gasteiger partial charge in [-0.3, -0.25) is 0 Å². The quantitative estimate of drug-likeness (QED) is 0.131. The van der Waals surface area contributed by atoms with Crippen LogP contribution in [0.4, 0.5) is 4.79 Å². The third kappa shape index (κ3) is 7.11. The molecule has 1 rings (SSSR count). The third-order valence-corrected chi connectivity index (χ3v) is 7.52. The lowest BCUT2D eigenvalue weighted by atomic mass is 9.95. The lowest BCUT2D eigenvalue weighted by Crippen LogP contribution is -2.09. The van der Waals surface area contributed by atoms with Gasteiger partial charge in [-0.1, -0.05) is 52.4 Å². The highest BCUT2D eigenvalue weighted by Gasteiger charge is 2.23. The van der Waals surface area contributed by atoms with E-state index in [1.54, 1.807) is 0 Å². The van der Waals surface area contributed by atoms with E-state index in [1.807, 2.05) is 0 Å². The number of halogens is 2. The van der Waals surface area contributed by atoms with Crippen LogP contribution in [-0.4, -0.2) is 16.4 Å². The van der Waals surface area contributed by atoms with E-state index in [1.165, 1.54) is 25.7 Å². The van der Waals surface area contributed by atoms with E-state index < -0.39 is 6.16 Å². The molecule has 0 bridgehead atoms. The molecule has 0 aliphatic rings. The number of ether oxygens (including phenoxy) is 1. The molecule has 0 aliphatic heterocycles. The summed E-state index contributed by atoms with van der Waals surface area (Å²) < 4.78 is 6.57. The maximum absolute atomic E-state index is 11.0. The maximum atomic E-state index is 11.0. The molecule has 0 atom stereocenters. The zero-order valence-corrected chi connectivity index (χ0v) is 19.4. The van der Waals surface area contributed by atoms with Crippen LogP contribution in [0, 0.1) is 7.14 Å². The minimum absolute atomic E-state index is 0.00852. The van der Waals surface area contributed by atoms with Gasteiger partial charge in [-0.2, -0.15) is 0 Å². The maximum Gasteiger partial charge on any atom is 0.511 e. The highest BCUT2D eigenvalue weighted by Crippen LogP contribution is 2.42. The molecule has 6 heteroatoms. The first-order chi connectivity index (χ1) is 11.9. The molecule has 0 aromatic heterocycles. The minimum atomic E-state index is -1.39. The molecule has 0 radical (unpaired) electrons. The molecule has 0 heterocycles. The summed E-state index contributed by atoms with van der Waals surface area (Å²) in [6.45, 7) is 4.36. The normalized spacial score (nSPS) is 10.9. The van der Waals surface area contributed by atoms with Crippen LogP contribution in [0.1, 0.15) is 76.3 Å². The van der Waals surface area contributed by atoms with Gasteiger partial charge >= 0.3 is 6.16 Å². The molecule has 0 fully saturated rings. The first-order valence-corrected chi connectivity index (χ1v) is 11.2. The Morgan fingerprint density at radius 3 is 1.88 bits per heavy atom. The number of phenols is 1. The number of hydrogen-bond acceptors (Lipinski definition) is 3. The number of carbonyl (C=O) groups is 1. The molecule has 2 N–H and O–H groups in total. The van der Waals surface area contributed by atoms with Gasteiger partial charge in [0.05, 0.1) is 3.57 Å². The molecule has 0 spiro atoms. The van der Waals surface area contributed by atoms with Gasteiger partial charge in [-0.05, 0) is 76.4 Å². The molecule has 142 valence electrons. The first-order valence-electron chi connectivity index (χ1n) is 9.06. The molecule has 0 unspecified atom stereocenters. The fourth-order valence-corrected chi connectivity index (χ4v) is 4.45. The van der Waals surface area contributed by atoms with Crippen LogP contribution in [-0.2, 0) is 12.8 Å². The third-order valence-electron chi connectivity index (χ3n) is 4.27. The molecule has 0 saturated heterocycles. The Bertz CT molecular complexity index is 573. The Morgan fingerprint density at radius 1 is 0.880 bits per heavy atom. The van der Waals surface area contributed by atoms with Gasteiger partial charge in [-0.25, -0.2) is 4.79 Å². The average molecular weight is 574 g/mol. The number of phenolic OH excluding ortho intramolecular Hbond substituents is 1. The van der Waals surface area contributed by atoms with E-state index in [0.717, 1.165) is 53.2 Å². The van der Waals surface area contributed by atoms with E-state index in [2.05, 4.69) is 59.0 Å². The monoisotopic (exact) mass is 574 g/mol. The summed E-state index contributed by atoms with van der Waals surface area (Å²) in [5.74, 6) is 0.0921. The van der Waals surface area contributed by atoms with E-state index in [4.69, 9.17) is 9.84 Å². The van der Waals surface area contributed by atoms with Crippen molar-refractivity contribution in [2.45, 2.75) is 78.1 Å². The number of aromatic hydroxyl groups is 1. The largest absolute Gasteiger partial charge is 0.511 e. The second-order valence-electron chi connectivity index (χ2n) is 6.25. The van der Waals surface area contributed by atoms with E-state index in [0.29, 0.717) is 3.57 Å². The topological polar surface area (TPSA) is 66.8 Å². The van der Waals surface area contributed by atoms with Gasteiger partial charge in [0.2, 0.25) is 0 Å². The lowest BCUT2D eigenvalue weighted by Gasteiger charge is -2.18. The predicted octanol–water partition coefficient (Wildman–Crippen LogP) is 6.90. The molecule has 25 heavy (non-hydrogen) atoms. The van der Waals surface area contributed by atoms with Crippen molar-refractivity contribution in [2.24, 2.45) is 0 Å². The van der Waals surface area contributed by atoms with Crippen LogP contribution < -0.4 is 4.74 Å². The zero-order chi connectivity index (χ0) is 18.8. The number of benzene rings is 1. The van der Waals surface area contributed by atoms with Gasteiger partial charge in [0.1, 0.15) is 0 Å². The smallest absolute Gasteiger partial charge is 0.504 e. The SMILES string of the molecule is CCCCCCc1c(O)c(OC(=O)O)c(I)c(I)c1CCCCCC. The van der Waals surface area contributed by atoms with Crippen molar-refractivity contribution in [3.63, 3.8) is 0 Å². The van der Waals surface area contributed by atoms with Crippen molar-refractivity contribution < 1.29 is 19.7 Å². The minimum Gasteiger partial charge on any atom is -0.504 e. The standard InChI is InChI=1S/C19H28I2O4/c1-3-5-7-9-11-13-14(12-10-8-6-4-2)17(22)18(25-19(23)24)16(21)15(13)20/h22H,3-12H2,1-2H3,(H,23,24). The summed E-state index contributed by atoms with van der Waals surface area (Å²) in [5.41, 5.74) is 2.03. The van der Waals surface area contributed by atoms with Crippen molar-refractivity contribution in [1.29, 1.82) is 0 Å². The second-order valence-corrected chi connectivity index (χ2v) is 8.41. The van der Waals surface area contributed by atoms with Crippen molar-refractivity contribution >= 4 is 51.3 Å². The van der Waals surface area contributed by atoms with E-state index in [-0.39, 0.29) is 11.5 Å². The second kappa shape index (κ2) is 12.2. The summed E-state index contributed by atoms with van der Waals surface area (Å²) in [7, 11) is 0. The fourth-order valence-electron chi connectivity index (χ4n) is 2.92. The highest BCUT2D eigenvalue weighted by molar-refractivity contribution is 14.1. The van der Waals surface area contributed by atoms with Crippen LogP contribution in [0.25, 0.3) is 0 Å². The number of carboxylic acid groups (broad SMARTS) is 1. The summed E-state index contributed by atoms with van der Waals surface area (Å²) in [6.07, 6.45) is 9.39. The molecule has 1 aromatic carbocycles. The molecular weight excluding hydrogens is 546 g/mol. The van der Waals surface area contributed by atoms with Crippen molar-refractivity contribution in [2.75, 3.05) is 0 Å². The zero-order valence-electron chi connectivity index (χ0n) is 15.0. The number of unbranched alkanes of at least 4 members (excludes halogenated alkanes) is 6. The molecule has 0 amide bonds. The van der Waals surface area contributed by atoms with E-state index in [9.17, 15) is 9.90 Å². The highest BCUT2D eigenvalue weighted by atomic mass is 127. The van der Waals surface area contributed by atoms with Crippen LogP contribution in [0.2, 0.25) is 0 Å². The predicted molar refractivity (Wildman–Crippen MR) is 118 cm³/mol. The first kappa shape index (κ1) is 22.8. The molecule has 0 saturated carbocycles. The Labute approximate surface area is 178 Å². The summed E-state index contributed by atoms with van der Waals surface area (Å²) in [4.78, 5) is 11.0. The number of hydrogen-bond donors (Lipinski definition) is 2. The Balaban J connectivity index is 3.14. The Morgan fingerprint density at radius 2 is 1.40 bits per heavy atom.